The maximum absolute atomic E-state index is 11.3. The number of carbonyl (C=O) groups is 1. The molecule has 0 radical (unpaired) electrons. The van der Waals surface area contributed by atoms with E-state index < -0.39 is 12.0 Å². The quantitative estimate of drug-likeness (QED) is 0.591. The molecule has 1 aliphatic rings. The van der Waals surface area contributed by atoms with Gasteiger partial charge in [-0.25, -0.2) is 0 Å². The minimum Gasteiger partial charge on any atom is -0.459 e. The Kier molecular flexibility index (Phi) is 4.31. The zero-order valence-corrected chi connectivity index (χ0v) is 8.56. The largest absolute Gasteiger partial charge is 0.459 e. The van der Waals surface area contributed by atoms with Crippen LogP contribution in [-0.2, 0) is 19.0 Å². The summed E-state index contributed by atoms with van der Waals surface area (Å²) in [5.74, 6) is -0.429. The molecular formula is C9H17NO4. The van der Waals surface area contributed by atoms with E-state index in [1.54, 1.807) is 14.0 Å². The number of cyclic esters (lactones) is 1. The Hall–Kier alpha value is -0.650. The van der Waals surface area contributed by atoms with Gasteiger partial charge in [-0.15, -0.1) is 0 Å². The van der Waals surface area contributed by atoms with Crippen LogP contribution in [0.15, 0.2) is 0 Å². The summed E-state index contributed by atoms with van der Waals surface area (Å²) in [5.41, 5.74) is 5.53. The van der Waals surface area contributed by atoms with E-state index >= 15 is 0 Å². The number of nitrogens with two attached hydrogens (primary N) is 1. The molecule has 82 valence electrons. The molecule has 1 rings (SSSR count). The summed E-state index contributed by atoms with van der Waals surface area (Å²) in [6, 6.07) is -0.687. The zero-order valence-electron chi connectivity index (χ0n) is 8.56. The molecule has 0 aromatic heterocycles. The fourth-order valence-electron chi connectivity index (χ4n) is 1.37. The predicted molar refractivity (Wildman–Crippen MR) is 49.8 cm³/mol. The maximum Gasteiger partial charge on any atom is 0.325 e. The molecule has 14 heavy (non-hydrogen) atoms. The van der Waals surface area contributed by atoms with Crippen molar-refractivity contribution in [3.63, 3.8) is 0 Å². The third-order valence-electron chi connectivity index (χ3n) is 2.28. The fraction of sp³-hybridized carbons (Fsp3) is 0.889. The number of rotatable bonds is 1. The van der Waals surface area contributed by atoms with Crippen LogP contribution in [0.4, 0.5) is 0 Å². The van der Waals surface area contributed by atoms with Gasteiger partial charge in [0.05, 0.1) is 12.7 Å². The van der Waals surface area contributed by atoms with Gasteiger partial charge in [-0.3, -0.25) is 4.79 Å². The highest BCUT2D eigenvalue weighted by molar-refractivity contribution is 5.75. The number of carbonyl (C=O) groups excluding carboxylic acids is 1. The van der Waals surface area contributed by atoms with Crippen LogP contribution in [-0.4, -0.2) is 44.5 Å². The topological polar surface area (TPSA) is 70.8 Å². The van der Waals surface area contributed by atoms with Gasteiger partial charge < -0.3 is 19.9 Å². The highest BCUT2D eigenvalue weighted by Crippen LogP contribution is 2.10. The predicted octanol–water partition coefficient (Wildman–Crippen LogP) is -0.319. The Morgan fingerprint density at radius 2 is 2.29 bits per heavy atom. The second-order valence-corrected chi connectivity index (χ2v) is 3.39. The highest BCUT2D eigenvalue weighted by Gasteiger charge is 2.26. The Bertz CT molecular complexity index is 197. The number of methoxy groups -OCH3 is 1. The van der Waals surface area contributed by atoms with E-state index in [2.05, 4.69) is 0 Å². The summed E-state index contributed by atoms with van der Waals surface area (Å²) in [7, 11) is 1.59. The van der Waals surface area contributed by atoms with E-state index in [1.807, 2.05) is 0 Å². The molecule has 0 aromatic rings. The molecule has 3 atom stereocenters. The molecule has 0 unspecified atom stereocenters. The van der Waals surface area contributed by atoms with Gasteiger partial charge in [0.1, 0.15) is 12.1 Å². The van der Waals surface area contributed by atoms with Gasteiger partial charge in [0.25, 0.3) is 0 Å². The van der Waals surface area contributed by atoms with Crippen molar-refractivity contribution < 1.29 is 19.0 Å². The van der Waals surface area contributed by atoms with Crippen LogP contribution in [0.1, 0.15) is 13.3 Å². The van der Waals surface area contributed by atoms with Gasteiger partial charge in [0.15, 0.2) is 0 Å². The van der Waals surface area contributed by atoms with Gasteiger partial charge in [-0.2, -0.15) is 0 Å². The molecule has 2 N–H and O–H groups in total. The van der Waals surface area contributed by atoms with Crippen LogP contribution in [0.5, 0.6) is 0 Å². The van der Waals surface area contributed by atoms with Crippen molar-refractivity contribution in [2.24, 2.45) is 5.73 Å². The minimum atomic E-state index is -0.687. The van der Waals surface area contributed by atoms with Crippen LogP contribution in [0.3, 0.4) is 0 Å². The molecule has 0 aliphatic carbocycles. The highest BCUT2D eigenvalue weighted by atomic mass is 16.6. The van der Waals surface area contributed by atoms with E-state index in [0.717, 1.165) is 0 Å². The first-order chi connectivity index (χ1) is 6.65. The van der Waals surface area contributed by atoms with Crippen LogP contribution >= 0.6 is 0 Å². The van der Waals surface area contributed by atoms with Crippen LogP contribution < -0.4 is 5.73 Å². The smallest absolute Gasteiger partial charge is 0.325 e. The van der Waals surface area contributed by atoms with Crippen molar-refractivity contribution in [3.8, 4) is 0 Å². The lowest BCUT2D eigenvalue weighted by atomic mass is 10.1. The lowest BCUT2D eigenvalue weighted by Crippen LogP contribution is -2.39. The monoisotopic (exact) mass is 203 g/mol. The average Bonchev–Trinajstić information content (AvgIpc) is 2.21. The maximum atomic E-state index is 11.3. The molecular weight excluding hydrogens is 186 g/mol. The van der Waals surface area contributed by atoms with Gasteiger partial charge in [0, 0.05) is 20.1 Å². The molecule has 1 saturated heterocycles. The average molecular weight is 203 g/mol. The standard InChI is InChI=1S/C9H17NO4/c1-6-8(12-2)3-4-13-5-7(10)9(11)14-6/h6-8H,3-5,10H2,1-2H3/t6-,7-,8+/m0/s1. The van der Waals surface area contributed by atoms with E-state index in [9.17, 15) is 4.79 Å². The Morgan fingerprint density at radius 3 is 2.93 bits per heavy atom. The molecule has 5 heteroatoms. The second kappa shape index (κ2) is 5.29. The summed E-state index contributed by atoms with van der Waals surface area (Å²) in [4.78, 5) is 11.3. The molecule has 5 nitrogen and oxygen atoms in total. The summed E-state index contributed by atoms with van der Waals surface area (Å²) >= 11 is 0. The van der Waals surface area contributed by atoms with Gasteiger partial charge in [0.2, 0.25) is 0 Å². The molecule has 1 heterocycles. The number of hydrogen-bond acceptors (Lipinski definition) is 5. The Morgan fingerprint density at radius 1 is 1.57 bits per heavy atom. The lowest BCUT2D eigenvalue weighted by molar-refractivity contribution is -0.156. The number of ether oxygens (including phenoxy) is 3. The summed E-state index contributed by atoms with van der Waals surface area (Å²) < 4.78 is 15.5. The third kappa shape index (κ3) is 2.94. The van der Waals surface area contributed by atoms with E-state index in [-0.39, 0.29) is 18.8 Å². The first kappa shape index (κ1) is 11.4. The van der Waals surface area contributed by atoms with Gasteiger partial charge in [-0.05, 0) is 6.92 Å². The summed E-state index contributed by atoms with van der Waals surface area (Å²) in [6.07, 6.45) is 0.307. The first-order valence-corrected chi connectivity index (χ1v) is 4.71. The third-order valence-corrected chi connectivity index (χ3v) is 2.28. The van der Waals surface area contributed by atoms with Crippen molar-refractivity contribution in [1.82, 2.24) is 0 Å². The van der Waals surface area contributed by atoms with Crippen molar-refractivity contribution in [1.29, 1.82) is 0 Å². The second-order valence-electron chi connectivity index (χ2n) is 3.39. The van der Waals surface area contributed by atoms with Crippen molar-refractivity contribution >= 4 is 5.97 Å². The fourth-order valence-corrected chi connectivity index (χ4v) is 1.37. The molecule has 0 bridgehead atoms. The first-order valence-electron chi connectivity index (χ1n) is 4.71. The van der Waals surface area contributed by atoms with Gasteiger partial charge >= 0.3 is 5.97 Å². The molecule has 1 fully saturated rings. The van der Waals surface area contributed by atoms with Crippen LogP contribution in [0.25, 0.3) is 0 Å². The lowest BCUT2D eigenvalue weighted by Gasteiger charge is -2.21. The van der Waals surface area contributed by atoms with Crippen LogP contribution in [0, 0.1) is 0 Å². The van der Waals surface area contributed by atoms with E-state index in [0.29, 0.717) is 13.0 Å². The SMILES string of the molecule is CO[C@@H]1CCOC[C@H](N)C(=O)O[C@H]1C. The van der Waals surface area contributed by atoms with Crippen molar-refractivity contribution in [3.05, 3.63) is 0 Å². The molecule has 1 aliphatic heterocycles. The van der Waals surface area contributed by atoms with E-state index in [1.165, 1.54) is 0 Å². The molecule has 0 spiro atoms. The number of esters is 1. The van der Waals surface area contributed by atoms with E-state index in [4.69, 9.17) is 19.9 Å². The molecule has 0 aromatic carbocycles. The van der Waals surface area contributed by atoms with Crippen molar-refractivity contribution in [2.45, 2.75) is 31.6 Å². The Balaban J connectivity index is 2.59. The Labute approximate surface area is 83.5 Å². The molecule has 0 amide bonds. The van der Waals surface area contributed by atoms with Crippen LogP contribution in [0.2, 0.25) is 0 Å². The summed E-state index contributed by atoms with van der Waals surface area (Å²) in [6.45, 7) is 2.54. The normalized spacial score (nSPS) is 35.4. The van der Waals surface area contributed by atoms with Gasteiger partial charge in [-0.1, -0.05) is 0 Å². The minimum absolute atomic E-state index is 0.121. The van der Waals surface area contributed by atoms with Crippen molar-refractivity contribution in [2.75, 3.05) is 20.3 Å². The number of hydrogen-bond donors (Lipinski definition) is 1. The molecule has 0 saturated carbocycles. The zero-order chi connectivity index (χ0) is 10.6. The summed E-state index contributed by atoms with van der Waals surface area (Å²) in [5, 5.41) is 0.